The second kappa shape index (κ2) is 3.78. The molecule has 2 aliphatic heterocycles. The number of nitrogens with one attached hydrogen (secondary N) is 1. The first-order chi connectivity index (χ1) is 7.36. The van der Waals surface area contributed by atoms with Gasteiger partial charge in [0.15, 0.2) is 0 Å². The second-order valence-electron chi connectivity index (χ2n) is 5.26. The van der Waals surface area contributed by atoms with Crippen LogP contribution in [0.4, 0.5) is 0 Å². The third-order valence-electron chi connectivity index (χ3n) is 4.37. The zero-order valence-electron chi connectivity index (χ0n) is 9.24. The molecule has 1 amide bonds. The van der Waals surface area contributed by atoms with Crippen LogP contribution in [0.5, 0.6) is 0 Å². The largest absolute Gasteiger partial charge is 0.337 e. The van der Waals surface area contributed by atoms with Crippen molar-refractivity contribution in [1.29, 1.82) is 0 Å². The number of nitrogens with zero attached hydrogens (tertiary/aromatic N) is 1. The summed E-state index contributed by atoms with van der Waals surface area (Å²) in [5, 5.41) is 3.49. The highest BCUT2D eigenvalue weighted by atomic mass is 16.2. The van der Waals surface area contributed by atoms with Gasteiger partial charge in [-0.25, -0.2) is 0 Å². The van der Waals surface area contributed by atoms with Crippen LogP contribution in [0.3, 0.4) is 0 Å². The molecule has 84 valence electrons. The molecule has 0 aromatic carbocycles. The van der Waals surface area contributed by atoms with Gasteiger partial charge in [-0.05, 0) is 31.6 Å². The van der Waals surface area contributed by atoms with E-state index < -0.39 is 0 Å². The molecule has 1 aliphatic carbocycles. The molecule has 0 spiro atoms. The van der Waals surface area contributed by atoms with Gasteiger partial charge in [0, 0.05) is 19.1 Å². The molecule has 1 saturated carbocycles. The van der Waals surface area contributed by atoms with Crippen molar-refractivity contribution in [3.8, 4) is 0 Å². The quantitative estimate of drug-likeness (QED) is 0.701. The number of amides is 1. The minimum absolute atomic E-state index is 0.154. The van der Waals surface area contributed by atoms with Crippen molar-refractivity contribution in [1.82, 2.24) is 10.2 Å². The molecule has 0 bridgehead atoms. The summed E-state index contributed by atoms with van der Waals surface area (Å²) in [7, 11) is 0. The standard InChI is InChI=1S/C12H20N2O/c15-12-11(9-4-1-2-5-9)13-8-10-6-3-7-14(10)12/h9-11,13H,1-8H2. The van der Waals surface area contributed by atoms with Gasteiger partial charge in [-0.1, -0.05) is 12.8 Å². The third kappa shape index (κ3) is 1.57. The highest BCUT2D eigenvalue weighted by Crippen LogP contribution is 2.31. The molecule has 3 aliphatic rings. The number of carbonyl (C=O) groups excluding carboxylic acids is 1. The average Bonchev–Trinajstić information content (AvgIpc) is 2.87. The number of piperazine rings is 1. The Balaban J connectivity index is 1.72. The molecule has 2 atom stereocenters. The van der Waals surface area contributed by atoms with Gasteiger partial charge in [-0.2, -0.15) is 0 Å². The summed E-state index contributed by atoms with van der Waals surface area (Å²) in [5.41, 5.74) is 0. The molecule has 3 heteroatoms. The topological polar surface area (TPSA) is 32.3 Å². The van der Waals surface area contributed by atoms with Crippen molar-refractivity contribution >= 4 is 5.91 Å². The maximum Gasteiger partial charge on any atom is 0.240 e. The van der Waals surface area contributed by atoms with Crippen molar-refractivity contribution in [2.75, 3.05) is 13.1 Å². The SMILES string of the molecule is O=C1C(C2CCCC2)NCC2CCCN12. The molecule has 3 nitrogen and oxygen atoms in total. The fraction of sp³-hybridized carbons (Fsp3) is 0.917. The Hall–Kier alpha value is -0.570. The van der Waals surface area contributed by atoms with Gasteiger partial charge in [0.05, 0.1) is 6.04 Å². The molecule has 2 saturated heterocycles. The summed E-state index contributed by atoms with van der Waals surface area (Å²) >= 11 is 0. The summed E-state index contributed by atoms with van der Waals surface area (Å²) in [6, 6.07) is 0.664. The number of fused-ring (bicyclic) bond motifs is 1. The van der Waals surface area contributed by atoms with Gasteiger partial charge in [-0.15, -0.1) is 0 Å². The summed E-state index contributed by atoms with van der Waals surface area (Å²) in [4.78, 5) is 14.4. The number of rotatable bonds is 1. The number of carbonyl (C=O) groups is 1. The van der Waals surface area contributed by atoms with Crippen LogP contribution in [0.15, 0.2) is 0 Å². The highest BCUT2D eigenvalue weighted by Gasteiger charge is 2.41. The molecule has 3 fully saturated rings. The molecule has 2 heterocycles. The fourth-order valence-corrected chi connectivity index (χ4v) is 3.53. The zero-order chi connectivity index (χ0) is 10.3. The van der Waals surface area contributed by atoms with E-state index in [4.69, 9.17) is 0 Å². The predicted octanol–water partition coefficient (Wildman–Crippen LogP) is 1.14. The molecule has 2 unspecified atom stereocenters. The Kier molecular flexibility index (Phi) is 2.43. The van der Waals surface area contributed by atoms with E-state index in [1.165, 1.54) is 38.5 Å². The summed E-state index contributed by atoms with van der Waals surface area (Å²) in [5.74, 6) is 1.02. The third-order valence-corrected chi connectivity index (χ3v) is 4.37. The molecule has 0 radical (unpaired) electrons. The van der Waals surface area contributed by atoms with Crippen LogP contribution in [0.2, 0.25) is 0 Å². The van der Waals surface area contributed by atoms with Gasteiger partial charge < -0.3 is 10.2 Å². The van der Waals surface area contributed by atoms with Crippen molar-refractivity contribution in [2.24, 2.45) is 5.92 Å². The predicted molar refractivity (Wildman–Crippen MR) is 58.5 cm³/mol. The first-order valence-electron chi connectivity index (χ1n) is 6.40. The zero-order valence-corrected chi connectivity index (χ0v) is 9.24. The highest BCUT2D eigenvalue weighted by molar-refractivity contribution is 5.83. The van der Waals surface area contributed by atoms with Crippen LogP contribution < -0.4 is 5.32 Å². The first-order valence-corrected chi connectivity index (χ1v) is 6.40. The van der Waals surface area contributed by atoms with Gasteiger partial charge in [0.2, 0.25) is 5.91 Å². The van der Waals surface area contributed by atoms with Crippen LogP contribution in [0.25, 0.3) is 0 Å². The maximum absolute atomic E-state index is 12.3. The van der Waals surface area contributed by atoms with E-state index in [1.807, 2.05) is 0 Å². The molecular weight excluding hydrogens is 188 g/mol. The normalized spacial score (nSPS) is 37.3. The van der Waals surface area contributed by atoms with E-state index in [2.05, 4.69) is 10.2 Å². The molecule has 0 aromatic heterocycles. The molecule has 3 rings (SSSR count). The van der Waals surface area contributed by atoms with Crippen LogP contribution >= 0.6 is 0 Å². The van der Waals surface area contributed by atoms with Crippen molar-refractivity contribution < 1.29 is 4.79 Å². The smallest absolute Gasteiger partial charge is 0.240 e. The Bertz CT molecular complexity index is 260. The monoisotopic (exact) mass is 208 g/mol. The Labute approximate surface area is 91.2 Å². The molecular formula is C12H20N2O. The van der Waals surface area contributed by atoms with Gasteiger partial charge in [-0.3, -0.25) is 4.79 Å². The van der Waals surface area contributed by atoms with Crippen LogP contribution in [0, 0.1) is 5.92 Å². The van der Waals surface area contributed by atoms with E-state index in [9.17, 15) is 4.79 Å². The van der Waals surface area contributed by atoms with E-state index in [1.54, 1.807) is 0 Å². The lowest BCUT2D eigenvalue weighted by Gasteiger charge is -2.38. The fourth-order valence-electron chi connectivity index (χ4n) is 3.53. The van der Waals surface area contributed by atoms with Crippen LogP contribution in [-0.4, -0.2) is 36.0 Å². The van der Waals surface area contributed by atoms with Gasteiger partial charge in [0.25, 0.3) is 0 Å². The average molecular weight is 208 g/mol. The lowest BCUT2D eigenvalue weighted by molar-refractivity contribution is -0.138. The Morgan fingerprint density at radius 3 is 2.73 bits per heavy atom. The molecule has 0 aromatic rings. The van der Waals surface area contributed by atoms with E-state index >= 15 is 0 Å². The number of hydrogen-bond donors (Lipinski definition) is 1. The van der Waals surface area contributed by atoms with Crippen molar-refractivity contribution in [3.63, 3.8) is 0 Å². The van der Waals surface area contributed by atoms with Crippen LogP contribution in [-0.2, 0) is 4.79 Å². The molecule has 1 N–H and O–H groups in total. The summed E-state index contributed by atoms with van der Waals surface area (Å²) in [6.07, 6.45) is 7.55. The van der Waals surface area contributed by atoms with Crippen molar-refractivity contribution in [3.05, 3.63) is 0 Å². The van der Waals surface area contributed by atoms with Gasteiger partial charge in [0.1, 0.15) is 0 Å². The summed E-state index contributed by atoms with van der Waals surface area (Å²) < 4.78 is 0. The minimum Gasteiger partial charge on any atom is -0.337 e. The summed E-state index contributed by atoms with van der Waals surface area (Å²) in [6.45, 7) is 2.04. The lowest BCUT2D eigenvalue weighted by atomic mass is 9.94. The number of hydrogen-bond acceptors (Lipinski definition) is 2. The van der Waals surface area contributed by atoms with Crippen molar-refractivity contribution in [2.45, 2.75) is 50.6 Å². The minimum atomic E-state index is 0.154. The molecule has 15 heavy (non-hydrogen) atoms. The lowest BCUT2D eigenvalue weighted by Crippen LogP contribution is -2.59. The van der Waals surface area contributed by atoms with E-state index in [0.29, 0.717) is 17.9 Å². The maximum atomic E-state index is 12.3. The van der Waals surface area contributed by atoms with E-state index in [-0.39, 0.29) is 6.04 Å². The Morgan fingerprint density at radius 1 is 1.13 bits per heavy atom. The van der Waals surface area contributed by atoms with Crippen LogP contribution in [0.1, 0.15) is 38.5 Å². The van der Waals surface area contributed by atoms with Gasteiger partial charge >= 0.3 is 0 Å². The Morgan fingerprint density at radius 2 is 1.93 bits per heavy atom. The first kappa shape index (κ1) is 9.64. The van der Waals surface area contributed by atoms with E-state index in [0.717, 1.165) is 13.1 Å². The second-order valence-corrected chi connectivity index (χ2v) is 5.26.